The number of nitrogens with one attached hydrogen (secondary N) is 1. The van der Waals surface area contributed by atoms with Gasteiger partial charge in [-0.1, -0.05) is 6.07 Å². The number of aliphatic hydroxyl groups is 1. The smallest absolute Gasteiger partial charge is 0.259 e. The molecule has 0 bridgehead atoms. The lowest BCUT2D eigenvalue weighted by atomic mass is 9.95. The molecule has 4 heterocycles. The molecule has 2 N–H and O–H groups in total. The third-order valence-electron chi connectivity index (χ3n) is 6.87. The summed E-state index contributed by atoms with van der Waals surface area (Å²) in [5.41, 5.74) is 0.201. The van der Waals surface area contributed by atoms with E-state index in [1.165, 1.54) is 30.9 Å². The number of rotatable bonds is 4. The van der Waals surface area contributed by atoms with Gasteiger partial charge in [0.1, 0.15) is 28.8 Å². The number of halogens is 1. The van der Waals surface area contributed by atoms with E-state index in [1.807, 2.05) is 0 Å². The molecule has 1 aromatic carbocycles. The van der Waals surface area contributed by atoms with Gasteiger partial charge in [-0.05, 0) is 75.9 Å². The zero-order chi connectivity index (χ0) is 25.8. The van der Waals surface area contributed by atoms with E-state index in [1.54, 1.807) is 18.2 Å². The van der Waals surface area contributed by atoms with Crippen LogP contribution in [0.2, 0.25) is 0 Å². The fraction of sp³-hybridized carbons (Fsp3) is 0.423. The van der Waals surface area contributed by atoms with Gasteiger partial charge in [0.25, 0.3) is 11.8 Å². The van der Waals surface area contributed by atoms with Gasteiger partial charge in [0.15, 0.2) is 5.82 Å². The minimum atomic E-state index is -1.51. The molecule has 2 amide bonds. The van der Waals surface area contributed by atoms with Gasteiger partial charge in [0.05, 0.1) is 5.56 Å². The zero-order valence-corrected chi connectivity index (χ0v) is 20.8. The van der Waals surface area contributed by atoms with Gasteiger partial charge < -0.3 is 19.9 Å². The molecule has 2 aliphatic rings. The molecule has 0 saturated carbocycles. The number of hydrogen-bond donors (Lipinski definition) is 2. The lowest BCUT2D eigenvalue weighted by Crippen LogP contribution is -2.47. The summed E-state index contributed by atoms with van der Waals surface area (Å²) < 4.78 is 17.0. The van der Waals surface area contributed by atoms with E-state index in [0.717, 1.165) is 24.2 Å². The number of nitrogens with zero attached hydrogens (tertiary/aromatic N) is 5. The van der Waals surface area contributed by atoms with Crippen molar-refractivity contribution in [1.29, 1.82) is 0 Å². The average Bonchev–Trinajstić information content (AvgIpc) is 3.38. The SMILES string of the molecule is CC(C)(O)C(=O)N1CCc2cc(F)c(C(=O)Nc3cccc(-c4nnc5n4C(C)(C)CC5)n3)cc2C1. The van der Waals surface area contributed by atoms with Gasteiger partial charge in [-0.15, -0.1) is 10.2 Å². The van der Waals surface area contributed by atoms with Gasteiger partial charge in [-0.3, -0.25) is 9.59 Å². The Morgan fingerprint density at radius 2 is 1.92 bits per heavy atom. The molecule has 2 aromatic heterocycles. The van der Waals surface area contributed by atoms with Crippen molar-refractivity contribution in [3.63, 3.8) is 0 Å². The summed E-state index contributed by atoms with van der Waals surface area (Å²) in [5, 5.41) is 21.4. The fourth-order valence-electron chi connectivity index (χ4n) is 4.94. The van der Waals surface area contributed by atoms with Crippen LogP contribution < -0.4 is 5.32 Å². The van der Waals surface area contributed by atoms with Crippen LogP contribution in [0.25, 0.3) is 11.5 Å². The third kappa shape index (κ3) is 4.26. The Hall–Kier alpha value is -3.66. The Kier molecular flexibility index (Phi) is 5.66. The number of benzene rings is 1. The van der Waals surface area contributed by atoms with E-state index in [2.05, 4.69) is 38.9 Å². The Labute approximate surface area is 208 Å². The van der Waals surface area contributed by atoms with Crippen molar-refractivity contribution >= 4 is 17.6 Å². The lowest BCUT2D eigenvalue weighted by molar-refractivity contribution is -0.148. The van der Waals surface area contributed by atoms with Crippen LogP contribution in [0.1, 0.15) is 61.4 Å². The summed E-state index contributed by atoms with van der Waals surface area (Å²) in [6.07, 6.45) is 2.24. The fourth-order valence-corrected chi connectivity index (χ4v) is 4.94. The molecule has 5 rings (SSSR count). The quantitative estimate of drug-likeness (QED) is 0.579. The van der Waals surface area contributed by atoms with Gasteiger partial charge >= 0.3 is 0 Å². The highest BCUT2D eigenvalue weighted by atomic mass is 19.1. The van der Waals surface area contributed by atoms with Crippen LogP contribution in [0.5, 0.6) is 0 Å². The number of amides is 2. The molecule has 10 heteroatoms. The van der Waals surface area contributed by atoms with Crippen LogP contribution in [0.4, 0.5) is 10.2 Å². The maximum absolute atomic E-state index is 14.9. The topological polar surface area (TPSA) is 113 Å². The van der Waals surface area contributed by atoms with Crippen LogP contribution >= 0.6 is 0 Å². The molecule has 0 radical (unpaired) electrons. The molecule has 0 spiro atoms. The number of carbonyl (C=O) groups excluding carboxylic acids is 2. The van der Waals surface area contributed by atoms with Crippen LogP contribution in [0, 0.1) is 5.82 Å². The summed E-state index contributed by atoms with van der Waals surface area (Å²) in [4.78, 5) is 31.6. The van der Waals surface area contributed by atoms with E-state index in [9.17, 15) is 19.1 Å². The van der Waals surface area contributed by atoms with E-state index in [-0.39, 0.29) is 23.5 Å². The Morgan fingerprint density at radius 3 is 2.67 bits per heavy atom. The van der Waals surface area contributed by atoms with E-state index in [0.29, 0.717) is 30.0 Å². The minimum absolute atomic E-state index is 0.136. The van der Waals surface area contributed by atoms with E-state index in [4.69, 9.17) is 0 Å². The van der Waals surface area contributed by atoms with Gasteiger partial charge in [0.2, 0.25) is 0 Å². The first-order valence-corrected chi connectivity index (χ1v) is 12.0. The van der Waals surface area contributed by atoms with Gasteiger partial charge in [-0.25, -0.2) is 9.37 Å². The van der Waals surface area contributed by atoms with Crippen molar-refractivity contribution in [2.45, 2.75) is 64.6 Å². The summed E-state index contributed by atoms with van der Waals surface area (Å²) >= 11 is 0. The Balaban J connectivity index is 1.39. The maximum Gasteiger partial charge on any atom is 0.259 e. The van der Waals surface area contributed by atoms with Crippen molar-refractivity contribution in [2.75, 3.05) is 11.9 Å². The van der Waals surface area contributed by atoms with Crippen LogP contribution in [-0.4, -0.2) is 53.7 Å². The van der Waals surface area contributed by atoms with Crippen LogP contribution in [-0.2, 0) is 29.7 Å². The Bertz CT molecular complexity index is 1370. The van der Waals surface area contributed by atoms with Crippen molar-refractivity contribution in [3.05, 3.63) is 58.7 Å². The monoisotopic (exact) mass is 492 g/mol. The van der Waals surface area contributed by atoms with Gasteiger partial charge in [-0.2, -0.15) is 0 Å². The predicted molar refractivity (Wildman–Crippen MR) is 131 cm³/mol. The zero-order valence-electron chi connectivity index (χ0n) is 20.8. The molecule has 0 unspecified atom stereocenters. The number of carbonyl (C=O) groups is 2. The maximum atomic E-state index is 14.9. The molecule has 0 fully saturated rings. The third-order valence-corrected chi connectivity index (χ3v) is 6.87. The highest BCUT2D eigenvalue weighted by Gasteiger charge is 2.34. The highest BCUT2D eigenvalue weighted by Crippen LogP contribution is 2.35. The summed E-state index contributed by atoms with van der Waals surface area (Å²) in [5.74, 6) is 0.105. The number of fused-ring (bicyclic) bond motifs is 2. The normalized spacial score (nSPS) is 16.4. The van der Waals surface area contributed by atoms with E-state index >= 15 is 0 Å². The molecule has 3 aromatic rings. The average molecular weight is 493 g/mol. The largest absolute Gasteiger partial charge is 0.381 e. The van der Waals surface area contributed by atoms with Gasteiger partial charge in [0, 0.05) is 25.0 Å². The standard InChI is InChI=1S/C26H29FN6O3/c1-25(2)10-8-21-30-31-22(33(21)25)19-6-5-7-20(28-19)29-23(34)17-12-16-14-32(24(35)26(3,4)36)11-9-15(16)13-18(17)27/h5-7,12-13,36H,8-11,14H2,1-4H3,(H,28,29,34). The van der Waals surface area contributed by atoms with Crippen molar-refractivity contribution in [1.82, 2.24) is 24.6 Å². The second kappa shape index (κ2) is 8.48. The van der Waals surface area contributed by atoms with Crippen LogP contribution in [0.15, 0.2) is 30.3 Å². The predicted octanol–water partition coefficient (Wildman–Crippen LogP) is 3.07. The summed E-state index contributed by atoms with van der Waals surface area (Å²) in [7, 11) is 0. The van der Waals surface area contributed by atoms with Crippen LogP contribution in [0.3, 0.4) is 0 Å². The second-order valence-electron chi connectivity index (χ2n) is 10.6. The molecule has 0 atom stereocenters. The molecular formula is C26H29FN6O3. The highest BCUT2D eigenvalue weighted by molar-refractivity contribution is 6.04. The first-order valence-electron chi connectivity index (χ1n) is 12.0. The van der Waals surface area contributed by atoms with Crippen molar-refractivity contribution in [2.24, 2.45) is 0 Å². The lowest BCUT2D eigenvalue weighted by Gasteiger charge is -2.33. The number of hydrogen-bond acceptors (Lipinski definition) is 6. The summed E-state index contributed by atoms with van der Waals surface area (Å²) in [6, 6.07) is 8.01. The number of aromatic nitrogens is 4. The number of aryl methyl sites for hydroxylation is 1. The summed E-state index contributed by atoms with van der Waals surface area (Å²) in [6.45, 7) is 7.68. The Morgan fingerprint density at radius 1 is 1.14 bits per heavy atom. The first-order chi connectivity index (χ1) is 16.9. The van der Waals surface area contributed by atoms with E-state index < -0.39 is 23.2 Å². The molecule has 2 aliphatic heterocycles. The molecule has 188 valence electrons. The molecule has 0 aliphatic carbocycles. The first kappa shape index (κ1) is 24.1. The number of pyridine rings is 1. The second-order valence-corrected chi connectivity index (χ2v) is 10.6. The molecular weight excluding hydrogens is 463 g/mol. The number of anilines is 1. The molecule has 0 saturated heterocycles. The van der Waals surface area contributed by atoms with Crippen molar-refractivity contribution in [3.8, 4) is 11.5 Å². The van der Waals surface area contributed by atoms with Crippen molar-refractivity contribution < 1.29 is 19.1 Å². The minimum Gasteiger partial charge on any atom is -0.381 e. The molecule has 36 heavy (non-hydrogen) atoms. The molecule has 9 nitrogen and oxygen atoms in total.